The molecule has 0 saturated carbocycles. The molecule has 0 saturated heterocycles. The summed E-state index contributed by atoms with van der Waals surface area (Å²) in [7, 11) is 1.62. The van der Waals surface area contributed by atoms with Crippen LogP contribution >= 0.6 is 0 Å². The first-order chi connectivity index (χ1) is 8.19. The van der Waals surface area contributed by atoms with Crippen molar-refractivity contribution in [3.63, 3.8) is 0 Å². The summed E-state index contributed by atoms with van der Waals surface area (Å²) in [5, 5.41) is 5.36. The number of halogens is 1. The molecule has 1 rings (SSSR count). The van der Waals surface area contributed by atoms with Gasteiger partial charge in [-0.2, -0.15) is 0 Å². The summed E-state index contributed by atoms with van der Waals surface area (Å²) in [5.41, 5.74) is 0.184. The van der Waals surface area contributed by atoms with Gasteiger partial charge in [0.05, 0.1) is 18.4 Å². The van der Waals surface area contributed by atoms with E-state index in [1.54, 1.807) is 7.05 Å². The van der Waals surface area contributed by atoms with E-state index in [0.717, 1.165) is 12.3 Å². The maximum atomic E-state index is 13.0. The van der Waals surface area contributed by atoms with E-state index in [1.165, 1.54) is 0 Å². The van der Waals surface area contributed by atoms with Crippen LogP contribution < -0.4 is 10.6 Å². The highest BCUT2D eigenvalue weighted by molar-refractivity contribution is 5.98. The van der Waals surface area contributed by atoms with Gasteiger partial charge >= 0.3 is 0 Å². The number of hydrogen-bond acceptors (Lipinski definition) is 4. The third-order valence-electron chi connectivity index (χ3n) is 2.07. The molecule has 0 bridgehead atoms. The van der Waals surface area contributed by atoms with Crippen molar-refractivity contribution in [2.45, 2.75) is 6.92 Å². The molecule has 0 aromatic carbocycles. The Morgan fingerprint density at radius 3 is 3.00 bits per heavy atom. The third-order valence-corrected chi connectivity index (χ3v) is 2.07. The highest BCUT2D eigenvalue weighted by Crippen LogP contribution is 2.12. The summed E-state index contributed by atoms with van der Waals surface area (Å²) in [6.45, 7) is 3.28. The number of hydrogen-bond donors (Lipinski definition) is 2. The van der Waals surface area contributed by atoms with Crippen molar-refractivity contribution < 1.29 is 13.9 Å². The number of nitrogens with one attached hydrogen (secondary N) is 2. The van der Waals surface area contributed by atoms with E-state index in [0.29, 0.717) is 25.6 Å². The lowest BCUT2D eigenvalue weighted by Crippen LogP contribution is -2.28. The van der Waals surface area contributed by atoms with Crippen molar-refractivity contribution in [3.05, 3.63) is 23.6 Å². The lowest BCUT2D eigenvalue weighted by Gasteiger charge is -2.09. The Labute approximate surface area is 99.4 Å². The predicted molar refractivity (Wildman–Crippen MR) is 62.6 cm³/mol. The first-order valence-corrected chi connectivity index (χ1v) is 5.38. The first-order valence-electron chi connectivity index (χ1n) is 5.38. The highest BCUT2D eigenvalue weighted by atomic mass is 19.1. The molecule has 1 aromatic rings. The molecule has 6 heteroatoms. The molecule has 2 N–H and O–H groups in total. The molecule has 1 aromatic heterocycles. The van der Waals surface area contributed by atoms with Gasteiger partial charge in [0.1, 0.15) is 11.6 Å². The van der Waals surface area contributed by atoms with E-state index in [2.05, 4.69) is 15.6 Å². The second-order valence-corrected chi connectivity index (χ2v) is 3.25. The molecule has 1 amide bonds. The van der Waals surface area contributed by atoms with Gasteiger partial charge in [0.25, 0.3) is 5.91 Å². The molecule has 0 aliphatic heterocycles. The normalized spacial score (nSPS) is 10.1. The van der Waals surface area contributed by atoms with Crippen LogP contribution in [0.4, 0.5) is 10.2 Å². The molecule has 0 aliphatic carbocycles. The van der Waals surface area contributed by atoms with Crippen LogP contribution in [0.2, 0.25) is 0 Å². The van der Waals surface area contributed by atoms with Crippen LogP contribution in [0.1, 0.15) is 17.3 Å². The standard InChI is InChI=1S/C11H16FN3O2/c1-3-17-5-4-14-11(16)9-6-8(12)7-15-10(9)13-2/h6-7H,3-5H2,1-2H3,(H,13,15)(H,14,16). The van der Waals surface area contributed by atoms with E-state index in [1.807, 2.05) is 6.92 Å². The topological polar surface area (TPSA) is 63.2 Å². The van der Waals surface area contributed by atoms with Crippen LogP contribution in [0.15, 0.2) is 12.3 Å². The Morgan fingerprint density at radius 1 is 1.59 bits per heavy atom. The minimum atomic E-state index is -0.543. The largest absolute Gasteiger partial charge is 0.380 e. The Hall–Kier alpha value is -1.69. The smallest absolute Gasteiger partial charge is 0.255 e. The van der Waals surface area contributed by atoms with Crippen molar-refractivity contribution in [1.29, 1.82) is 0 Å². The summed E-state index contributed by atoms with van der Waals surface area (Å²) in [4.78, 5) is 15.5. The zero-order chi connectivity index (χ0) is 12.7. The number of nitrogens with zero attached hydrogens (tertiary/aromatic N) is 1. The number of anilines is 1. The maximum absolute atomic E-state index is 13.0. The quantitative estimate of drug-likeness (QED) is 0.730. The van der Waals surface area contributed by atoms with Crippen LogP contribution in [0.3, 0.4) is 0 Å². The number of pyridine rings is 1. The van der Waals surface area contributed by atoms with E-state index in [9.17, 15) is 9.18 Å². The number of aromatic nitrogens is 1. The first kappa shape index (κ1) is 13.4. The minimum absolute atomic E-state index is 0.184. The van der Waals surface area contributed by atoms with Crippen molar-refractivity contribution in [1.82, 2.24) is 10.3 Å². The number of rotatable bonds is 6. The molecule has 0 aliphatic rings. The summed E-state index contributed by atoms with van der Waals surface area (Å²) < 4.78 is 18.1. The van der Waals surface area contributed by atoms with E-state index in [4.69, 9.17) is 4.74 Å². The fraction of sp³-hybridized carbons (Fsp3) is 0.455. The Balaban J connectivity index is 2.64. The van der Waals surface area contributed by atoms with E-state index < -0.39 is 5.82 Å². The molecular weight excluding hydrogens is 225 g/mol. The number of amides is 1. The van der Waals surface area contributed by atoms with Crippen molar-refractivity contribution in [2.24, 2.45) is 0 Å². The van der Waals surface area contributed by atoms with E-state index in [-0.39, 0.29) is 11.5 Å². The van der Waals surface area contributed by atoms with Gasteiger partial charge in [-0.1, -0.05) is 0 Å². The second kappa shape index (κ2) is 6.80. The highest BCUT2D eigenvalue weighted by Gasteiger charge is 2.12. The van der Waals surface area contributed by atoms with Crippen LogP contribution in [0, 0.1) is 5.82 Å². The number of carbonyl (C=O) groups excluding carboxylic acids is 1. The van der Waals surface area contributed by atoms with Crippen LogP contribution in [-0.2, 0) is 4.74 Å². The van der Waals surface area contributed by atoms with Gasteiger partial charge < -0.3 is 15.4 Å². The van der Waals surface area contributed by atoms with Crippen molar-refractivity contribution in [2.75, 3.05) is 32.1 Å². The molecule has 0 spiro atoms. The predicted octanol–water partition coefficient (Wildman–Crippen LogP) is 1.03. The molecule has 0 unspecified atom stereocenters. The number of ether oxygens (including phenoxy) is 1. The fourth-order valence-electron chi connectivity index (χ4n) is 1.29. The molecular formula is C11H16FN3O2. The van der Waals surface area contributed by atoms with Crippen LogP contribution in [-0.4, -0.2) is 37.7 Å². The van der Waals surface area contributed by atoms with E-state index >= 15 is 0 Å². The second-order valence-electron chi connectivity index (χ2n) is 3.25. The van der Waals surface area contributed by atoms with Gasteiger partial charge in [-0.05, 0) is 13.0 Å². The molecule has 5 nitrogen and oxygen atoms in total. The summed E-state index contributed by atoms with van der Waals surface area (Å²) in [6, 6.07) is 1.15. The fourth-order valence-corrected chi connectivity index (χ4v) is 1.29. The van der Waals surface area contributed by atoms with Gasteiger partial charge in [0.2, 0.25) is 0 Å². The molecule has 0 fully saturated rings. The lowest BCUT2D eigenvalue weighted by molar-refractivity contribution is 0.0922. The maximum Gasteiger partial charge on any atom is 0.255 e. The van der Waals surface area contributed by atoms with Gasteiger partial charge in [-0.25, -0.2) is 9.37 Å². The van der Waals surface area contributed by atoms with Gasteiger partial charge in [0.15, 0.2) is 0 Å². The summed E-state index contributed by atoms with van der Waals surface area (Å²) in [6.07, 6.45) is 1.06. The zero-order valence-electron chi connectivity index (χ0n) is 9.92. The Kier molecular flexibility index (Phi) is 5.35. The summed E-state index contributed by atoms with van der Waals surface area (Å²) in [5.74, 6) is -0.569. The summed E-state index contributed by atoms with van der Waals surface area (Å²) >= 11 is 0. The van der Waals surface area contributed by atoms with Gasteiger partial charge in [-0.15, -0.1) is 0 Å². The van der Waals surface area contributed by atoms with Gasteiger partial charge in [-0.3, -0.25) is 4.79 Å². The molecule has 1 heterocycles. The Morgan fingerprint density at radius 2 is 2.35 bits per heavy atom. The van der Waals surface area contributed by atoms with Crippen molar-refractivity contribution in [3.8, 4) is 0 Å². The average molecular weight is 241 g/mol. The molecule has 0 atom stereocenters. The zero-order valence-corrected chi connectivity index (χ0v) is 9.92. The minimum Gasteiger partial charge on any atom is -0.380 e. The third kappa shape index (κ3) is 3.99. The number of carbonyl (C=O) groups is 1. The Bertz CT molecular complexity index is 385. The van der Waals surface area contributed by atoms with Crippen LogP contribution in [0.25, 0.3) is 0 Å². The van der Waals surface area contributed by atoms with Crippen molar-refractivity contribution >= 4 is 11.7 Å². The van der Waals surface area contributed by atoms with Crippen LogP contribution in [0.5, 0.6) is 0 Å². The SMILES string of the molecule is CCOCCNC(=O)c1cc(F)cnc1NC. The monoisotopic (exact) mass is 241 g/mol. The molecule has 0 radical (unpaired) electrons. The average Bonchev–Trinajstić information content (AvgIpc) is 2.34. The lowest BCUT2D eigenvalue weighted by atomic mass is 10.2. The molecule has 17 heavy (non-hydrogen) atoms. The van der Waals surface area contributed by atoms with Gasteiger partial charge in [0, 0.05) is 20.2 Å². The molecule has 94 valence electrons.